The minimum atomic E-state index is -1.47. The average Bonchev–Trinajstić information content (AvgIpc) is 2.74. The summed E-state index contributed by atoms with van der Waals surface area (Å²) in [6, 6.07) is -0.0623. The van der Waals surface area contributed by atoms with Crippen LogP contribution in [-0.4, -0.2) is 78.4 Å². The van der Waals surface area contributed by atoms with Crippen molar-refractivity contribution in [2.45, 2.75) is 103 Å². The number of ketones is 1. The fourth-order valence-electron chi connectivity index (χ4n) is 4.97. The Labute approximate surface area is 198 Å². The van der Waals surface area contributed by atoms with Gasteiger partial charge in [0.05, 0.1) is 32.2 Å². The van der Waals surface area contributed by atoms with Crippen LogP contribution < -0.4 is 4.90 Å². The minimum Gasteiger partial charge on any atom is -0.459 e. The van der Waals surface area contributed by atoms with Gasteiger partial charge in [0.1, 0.15) is 17.7 Å². The Balaban J connectivity index is 2.36. The van der Waals surface area contributed by atoms with Gasteiger partial charge in [-0.05, 0) is 51.7 Å². The summed E-state index contributed by atoms with van der Waals surface area (Å²) >= 11 is 0. The number of cyclic esters (lactones) is 1. The van der Waals surface area contributed by atoms with E-state index in [1.165, 1.54) is 19.1 Å². The van der Waals surface area contributed by atoms with E-state index in [9.17, 15) is 19.8 Å². The first-order chi connectivity index (χ1) is 15.3. The second-order valence-electron chi connectivity index (χ2n) is 10.5. The number of hydrogen-bond acceptors (Lipinski definition) is 7. The molecule has 0 bridgehead atoms. The predicted octanol–water partition coefficient (Wildman–Crippen LogP) is 0.891. The van der Waals surface area contributed by atoms with Crippen LogP contribution in [0, 0.1) is 17.8 Å². The lowest BCUT2D eigenvalue weighted by molar-refractivity contribution is -0.893. The number of carbonyl (C=O) groups is 2. The quantitative estimate of drug-likeness (QED) is 0.524. The average molecular weight is 471 g/mol. The van der Waals surface area contributed by atoms with Crippen LogP contribution in [-0.2, 0) is 23.8 Å². The van der Waals surface area contributed by atoms with Gasteiger partial charge in [-0.1, -0.05) is 20.8 Å². The van der Waals surface area contributed by atoms with Crippen LogP contribution in [0.4, 0.5) is 0 Å². The van der Waals surface area contributed by atoms with E-state index in [1.807, 2.05) is 41.8 Å². The summed E-state index contributed by atoms with van der Waals surface area (Å²) in [7, 11) is 3.97. The smallest absolute Gasteiger partial charge is 0.311 e. The van der Waals surface area contributed by atoms with Crippen molar-refractivity contribution in [3.63, 3.8) is 0 Å². The molecule has 0 amide bonds. The molecular weight excluding hydrogens is 426 g/mol. The van der Waals surface area contributed by atoms with Crippen molar-refractivity contribution in [2.24, 2.45) is 17.8 Å². The van der Waals surface area contributed by atoms with Crippen LogP contribution in [0.25, 0.3) is 0 Å². The van der Waals surface area contributed by atoms with Crippen molar-refractivity contribution in [3.05, 3.63) is 12.2 Å². The first-order valence-corrected chi connectivity index (χ1v) is 12.2. The summed E-state index contributed by atoms with van der Waals surface area (Å²) in [5.41, 5.74) is -1.47. The van der Waals surface area contributed by atoms with E-state index in [-0.39, 0.29) is 29.8 Å². The van der Waals surface area contributed by atoms with E-state index >= 15 is 0 Å². The van der Waals surface area contributed by atoms with Gasteiger partial charge in [-0.2, -0.15) is 0 Å². The second-order valence-corrected chi connectivity index (χ2v) is 10.5. The molecule has 1 saturated heterocycles. The summed E-state index contributed by atoms with van der Waals surface area (Å²) in [5.74, 6) is -1.78. The second kappa shape index (κ2) is 11.4. The Kier molecular flexibility index (Phi) is 9.65. The molecule has 2 aliphatic heterocycles. The molecule has 190 valence electrons. The van der Waals surface area contributed by atoms with E-state index in [0.717, 1.165) is 4.90 Å². The first kappa shape index (κ1) is 27.9. The number of aliphatic hydroxyl groups is 2. The molecule has 0 saturated carbocycles. The van der Waals surface area contributed by atoms with Gasteiger partial charge in [0.15, 0.2) is 18.2 Å². The van der Waals surface area contributed by atoms with Crippen molar-refractivity contribution < 1.29 is 38.9 Å². The first-order valence-electron chi connectivity index (χ1n) is 12.2. The molecule has 8 heteroatoms. The molecule has 33 heavy (non-hydrogen) atoms. The third kappa shape index (κ3) is 6.85. The van der Waals surface area contributed by atoms with E-state index in [0.29, 0.717) is 19.3 Å². The number of likely N-dealkylation sites (N-methyl/N-ethyl adjacent to an activating group) is 1. The summed E-state index contributed by atoms with van der Waals surface area (Å²) in [4.78, 5) is 26.9. The van der Waals surface area contributed by atoms with Crippen molar-refractivity contribution in [1.82, 2.24) is 0 Å². The molecule has 0 aromatic heterocycles. The summed E-state index contributed by atoms with van der Waals surface area (Å²) in [6.45, 7) is 10.8. The fourth-order valence-corrected chi connectivity index (χ4v) is 4.97. The molecular formula is C25H44NO7+. The highest BCUT2D eigenvalue weighted by Gasteiger charge is 2.45. The zero-order valence-electron chi connectivity index (χ0n) is 21.4. The highest BCUT2D eigenvalue weighted by molar-refractivity contribution is 5.91. The zero-order valence-corrected chi connectivity index (χ0v) is 21.4. The third-order valence-electron chi connectivity index (χ3n) is 7.18. The van der Waals surface area contributed by atoms with Crippen molar-refractivity contribution >= 4 is 11.8 Å². The lowest BCUT2D eigenvalue weighted by Gasteiger charge is -2.42. The van der Waals surface area contributed by atoms with Gasteiger partial charge in [-0.15, -0.1) is 0 Å². The number of ether oxygens (including phenoxy) is 3. The summed E-state index contributed by atoms with van der Waals surface area (Å²) in [5, 5.41) is 21.8. The summed E-state index contributed by atoms with van der Waals surface area (Å²) in [6.07, 6.45) is 1.08. The molecule has 0 spiro atoms. The number of hydrogen-bond donors (Lipinski definition) is 3. The number of rotatable bonds is 4. The van der Waals surface area contributed by atoms with Gasteiger partial charge < -0.3 is 29.3 Å². The molecule has 1 fully saturated rings. The number of quaternary nitrogens is 1. The van der Waals surface area contributed by atoms with Crippen molar-refractivity contribution in [3.8, 4) is 0 Å². The standard InChI is InChI=1S/C25H43NO7/c1-9-20-25(6,30)11-10-19(27)14(2)12-15(3)22(17(5)23(29)32-20)33-24-21(28)18(26(7)8)13-16(4)31-24/h10-11,14-18,20-22,24,28,30H,9,12-13H2,1-8H3/p+1/b11-10+/t14-,15+,16-,17-,18+,20-,21-,22+,24+,25+/m1/s1. The Hall–Kier alpha value is -1.32. The van der Waals surface area contributed by atoms with Crippen molar-refractivity contribution in [2.75, 3.05) is 14.1 Å². The Morgan fingerprint density at radius 3 is 2.39 bits per heavy atom. The number of carbonyl (C=O) groups excluding carboxylic acids is 2. The number of allylic oxidation sites excluding steroid dienone is 1. The molecule has 0 aliphatic carbocycles. The maximum Gasteiger partial charge on any atom is 0.311 e. The molecule has 8 nitrogen and oxygen atoms in total. The Morgan fingerprint density at radius 1 is 1.18 bits per heavy atom. The highest BCUT2D eigenvalue weighted by atomic mass is 16.7. The molecule has 3 N–H and O–H groups in total. The molecule has 0 aromatic carbocycles. The van der Waals surface area contributed by atoms with Gasteiger partial charge in [-0.3, -0.25) is 9.59 Å². The summed E-state index contributed by atoms with van der Waals surface area (Å²) < 4.78 is 18.0. The fraction of sp³-hybridized carbons (Fsp3) is 0.840. The predicted molar refractivity (Wildman–Crippen MR) is 123 cm³/mol. The molecule has 2 aliphatic rings. The van der Waals surface area contributed by atoms with E-state index < -0.39 is 42.1 Å². The van der Waals surface area contributed by atoms with Gasteiger partial charge in [0.2, 0.25) is 0 Å². The third-order valence-corrected chi connectivity index (χ3v) is 7.18. The van der Waals surface area contributed by atoms with E-state index in [2.05, 4.69) is 0 Å². The van der Waals surface area contributed by atoms with Crippen LogP contribution in [0.2, 0.25) is 0 Å². The van der Waals surface area contributed by atoms with Gasteiger partial charge in [0, 0.05) is 12.3 Å². The monoisotopic (exact) mass is 470 g/mol. The Bertz CT molecular complexity index is 707. The van der Waals surface area contributed by atoms with Crippen LogP contribution in [0.15, 0.2) is 12.2 Å². The van der Waals surface area contributed by atoms with Gasteiger partial charge in [-0.25, -0.2) is 0 Å². The highest BCUT2D eigenvalue weighted by Crippen LogP contribution is 2.31. The molecule has 0 unspecified atom stereocenters. The number of nitrogens with one attached hydrogen (secondary N) is 1. The Morgan fingerprint density at radius 2 is 1.82 bits per heavy atom. The maximum atomic E-state index is 13.1. The molecule has 0 aromatic rings. The molecule has 2 heterocycles. The van der Waals surface area contributed by atoms with Gasteiger partial charge in [0.25, 0.3) is 0 Å². The van der Waals surface area contributed by atoms with E-state index in [1.54, 1.807) is 6.92 Å². The molecule has 2 rings (SSSR count). The normalized spacial score (nSPS) is 44.6. The van der Waals surface area contributed by atoms with Gasteiger partial charge >= 0.3 is 5.97 Å². The maximum absolute atomic E-state index is 13.1. The van der Waals surface area contributed by atoms with E-state index in [4.69, 9.17) is 14.2 Å². The number of esters is 1. The SMILES string of the molecule is CC[C@H]1OC(=O)[C@H](C)[C@@H](O[C@@H]2O[C@H](C)C[C@H]([NH+](C)C)[C@H]2O)[C@@H](C)C[C@@H](C)C(=O)/C=C/[C@]1(C)O. The minimum absolute atomic E-state index is 0.0623. The number of aliphatic hydroxyl groups excluding tert-OH is 1. The van der Waals surface area contributed by atoms with Crippen molar-refractivity contribution in [1.29, 1.82) is 0 Å². The lowest BCUT2D eigenvalue weighted by Crippen LogP contribution is -3.12. The zero-order chi connectivity index (χ0) is 25.1. The lowest BCUT2D eigenvalue weighted by atomic mass is 9.84. The topological polar surface area (TPSA) is 107 Å². The van der Waals surface area contributed by atoms with Crippen LogP contribution in [0.3, 0.4) is 0 Å². The van der Waals surface area contributed by atoms with Crippen LogP contribution in [0.5, 0.6) is 0 Å². The van der Waals surface area contributed by atoms with Crippen LogP contribution >= 0.6 is 0 Å². The molecule has 10 atom stereocenters. The molecule has 0 radical (unpaired) electrons. The van der Waals surface area contributed by atoms with Crippen LogP contribution in [0.1, 0.15) is 60.8 Å². The largest absolute Gasteiger partial charge is 0.459 e.